The first-order valence-electron chi connectivity index (χ1n) is 3.99. The van der Waals surface area contributed by atoms with E-state index in [2.05, 4.69) is 5.32 Å². The molecule has 0 radical (unpaired) electrons. The predicted molar refractivity (Wildman–Crippen MR) is 63.1 cm³/mol. The summed E-state index contributed by atoms with van der Waals surface area (Å²) in [5.41, 5.74) is 0.574. The Kier molecular flexibility index (Phi) is 9.54. The first-order valence-corrected chi connectivity index (χ1v) is 3.99. The van der Waals surface area contributed by atoms with E-state index in [0.29, 0.717) is 12.1 Å². The van der Waals surface area contributed by atoms with Crippen molar-refractivity contribution < 1.29 is 15.3 Å². The van der Waals surface area contributed by atoms with Gasteiger partial charge in [-0.3, -0.25) is 0 Å². The molecular formula is C9H15ClNNaO3. The number of rotatable bonds is 3. The standard InChI is InChI=1S/C9H13NO3.ClH.Na.H/c1-10-5-9(13)6-2-3-7(11)8(12)4-6;;;/h2-4,9-13H,5H2,1H3;1H;;/t9-;;;/m0.../s1. The van der Waals surface area contributed by atoms with Gasteiger partial charge in [-0.25, -0.2) is 0 Å². The number of nitrogens with one attached hydrogen (secondary N) is 1. The molecule has 0 saturated heterocycles. The van der Waals surface area contributed by atoms with Crippen LogP contribution in [0.25, 0.3) is 0 Å². The van der Waals surface area contributed by atoms with Gasteiger partial charge >= 0.3 is 29.6 Å². The Morgan fingerprint density at radius 3 is 2.33 bits per heavy atom. The second kappa shape index (κ2) is 8.21. The van der Waals surface area contributed by atoms with Gasteiger partial charge in [-0.15, -0.1) is 12.4 Å². The van der Waals surface area contributed by atoms with E-state index in [-0.39, 0.29) is 53.5 Å². The SMILES string of the molecule is CNC[C@H](O)c1ccc(O)c(O)c1.Cl.[NaH]. The van der Waals surface area contributed by atoms with Crippen LogP contribution in [0.4, 0.5) is 0 Å². The molecule has 0 aromatic heterocycles. The van der Waals surface area contributed by atoms with Gasteiger partial charge in [-0.1, -0.05) is 6.07 Å². The summed E-state index contributed by atoms with van der Waals surface area (Å²) in [6.45, 7) is 0.407. The van der Waals surface area contributed by atoms with Gasteiger partial charge in [0.2, 0.25) is 0 Å². The van der Waals surface area contributed by atoms with Crippen LogP contribution < -0.4 is 5.32 Å². The molecule has 1 rings (SSSR count). The van der Waals surface area contributed by atoms with Crippen LogP contribution in [0.2, 0.25) is 0 Å². The maximum atomic E-state index is 9.48. The van der Waals surface area contributed by atoms with Crippen LogP contribution in [0.15, 0.2) is 18.2 Å². The second-order valence-electron chi connectivity index (χ2n) is 2.82. The van der Waals surface area contributed by atoms with Crippen molar-refractivity contribution in [3.05, 3.63) is 23.8 Å². The van der Waals surface area contributed by atoms with Gasteiger partial charge in [0.25, 0.3) is 0 Å². The molecule has 1 aromatic rings. The number of hydrogen-bond acceptors (Lipinski definition) is 4. The van der Waals surface area contributed by atoms with Crippen LogP contribution in [0.3, 0.4) is 0 Å². The number of likely N-dealkylation sites (N-methyl/N-ethyl adjacent to an activating group) is 1. The number of phenolic OH excluding ortho intramolecular Hbond substituents is 2. The molecule has 0 spiro atoms. The minimum atomic E-state index is -0.670. The predicted octanol–water partition coefficient (Wildman–Crippen LogP) is 0.124. The molecule has 0 aliphatic heterocycles. The van der Waals surface area contributed by atoms with Crippen molar-refractivity contribution >= 4 is 42.0 Å². The summed E-state index contributed by atoms with van der Waals surface area (Å²) >= 11 is 0. The molecule has 4 N–H and O–H groups in total. The zero-order valence-corrected chi connectivity index (χ0v) is 8.58. The van der Waals surface area contributed by atoms with Crippen molar-refractivity contribution in [3.63, 3.8) is 0 Å². The van der Waals surface area contributed by atoms with Crippen LogP contribution in [0.1, 0.15) is 11.7 Å². The Balaban J connectivity index is 0. The summed E-state index contributed by atoms with van der Waals surface area (Å²) in [4.78, 5) is 0. The Morgan fingerprint density at radius 2 is 1.87 bits per heavy atom. The number of halogens is 1. The molecule has 0 saturated carbocycles. The summed E-state index contributed by atoms with van der Waals surface area (Å²) in [5.74, 6) is -0.395. The summed E-state index contributed by atoms with van der Waals surface area (Å²) < 4.78 is 0. The molecule has 6 heteroatoms. The molecule has 0 fully saturated rings. The fourth-order valence-corrected chi connectivity index (χ4v) is 1.06. The van der Waals surface area contributed by atoms with Gasteiger partial charge in [0.05, 0.1) is 6.10 Å². The molecule has 1 aromatic carbocycles. The number of benzene rings is 1. The van der Waals surface area contributed by atoms with Crippen molar-refractivity contribution in [2.75, 3.05) is 13.6 Å². The number of aliphatic hydroxyl groups is 1. The molecule has 0 aliphatic rings. The Bertz CT molecular complexity index is 299. The monoisotopic (exact) mass is 243 g/mol. The van der Waals surface area contributed by atoms with Gasteiger partial charge in [0.1, 0.15) is 0 Å². The molecule has 0 bridgehead atoms. The summed E-state index contributed by atoms with van der Waals surface area (Å²) in [7, 11) is 1.73. The van der Waals surface area contributed by atoms with E-state index >= 15 is 0 Å². The fourth-order valence-electron chi connectivity index (χ4n) is 1.06. The third-order valence-electron chi connectivity index (χ3n) is 1.78. The van der Waals surface area contributed by atoms with Gasteiger partial charge in [-0.05, 0) is 24.7 Å². The van der Waals surface area contributed by atoms with E-state index in [4.69, 9.17) is 10.2 Å². The van der Waals surface area contributed by atoms with E-state index in [1.54, 1.807) is 13.1 Å². The average Bonchev–Trinajstić information content (AvgIpc) is 2.10. The first kappa shape index (κ1) is 17.4. The topological polar surface area (TPSA) is 72.7 Å². The number of hydrogen-bond donors (Lipinski definition) is 4. The van der Waals surface area contributed by atoms with E-state index < -0.39 is 6.10 Å². The average molecular weight is 244 g/mol. The molecule has 82 valence electrons. The Labute approximate surface area is 117 Å². The second-order valence-corrected chi connectivity index (χ2v) is 2.82. The molecule has 1 atom stereocenters. The summed E-state index contributed by atoms with van der Waals surface area (Å²) in [6, 6.07) is 4.26. The number of aliphatic hydroxyl groups excluding tert-OH is 1. The molecule has 0 heterocycles. The minimum absolute atomic E-state index is 0. The third-order valence-corrected chi connectivity index (χ3v) is 1.78. The zero-order valence-electron chi connectivity index (χ0n) is 7.77. The van der Waals surface area contributed by atoms with Crippen LogP contribution >= 0.6 is 12.4 Å². The van der Waals surface area contributed by atoms with Crippen molar-refractivity contribution in [2.24, 2.45) is 0 Å². The van der Waals surface area contributed by atoms with E-state index in [1.807, 2.05) is 0 Å². The normalized spacial score (nSPS) is 11.1. The van der Waals surface area contributed by atoms with Gasteiger partial charge in [0, 0.05) is 6.54 Å². The van der Waals surface area contributed by atoms with Crippen molar-refractivity contribution in [2.45, 2.75) is 6.10 Å². The Hall–Kier alpha value is 0.0300. The summed E-state index contributed by atoms with van der Waals surface area (Å²) in [6.07, 6.45) is -0.670. The molecule has 4 nitrogen and oxygen atoms in total. The molecule has 0 unspecified atom stereocenters. The van der Waals surface area contributed by atoms with Gasteiger partial charge < -0.3 is 20.6 Å². The quantitative estimate of drug-likeness (QED) is 0.450. The van der Waals surface area contributed by atoms with Crippen molar-refractivity contribution in [1.29, 1.82) is 0 Å². The number of aromatic hydroxyl groups is 2. The summed E-state index contributed by atoms with van der Waals surface area (Å²) in [5, 5.41) is 30.4. The van der Waals surface area contributed by atoms with E-state index in [0.717, 1.165) is 0 Å². The van der Waals surface area contributed by atoms with Crippen LogP contribution in [0, 0.1) is 0 Å². The van der Waals surface area contributed by atoms with Gasteiger partial charge in [-0.2, -0.15) is 0 Å². The van der Waals surface area contributed by atoms with Crippen molar-refractivity contribution in [3.8, 4) is 11.5 Å². The van der Waals surface area contributed by atoms with Crippen molar-refractivity contribution in [1.82, 2.24) is 5.32 Å². The van der Waals surface area contributed by atoms with E-state index in [9.17, 15) is 5.11 Å². The van der Waals surface area contributed by atoms with Gasteiger partial charge in [0.15, 0.2) is 11.5 Å². The van der Waals surface area contributed by atoms with Crippen LogP contribution in [-0.2, 0) is 0 Å². The molecule has 0 aliphatic carbocycles. The Morgan fingerprint density at radius 1 is 1.27 bits per heavy atom. The number of phenols is 2. The molecular weight excluding hydrogens is 229 g/mol. The zero-order chi connectivity index (χ0) is 9.84. The van der Waals surface area contributed by atoms with Crippen LogP contribution in [0.5, 0.6) is 11.5 Å². The third kappa shape index (κ3) is 5.06. The molecule has 15 heavy (non-hydrogen) atoms. The first-order chi connectivity index (χ1) is 6.15. The molecule has 0 amide bonds. The fraction of sp³-hybridized carbons (Fsp3) is 0.333. The van der Waals surface area contributed by atoms with E-state index in [1.165, 1.54) is 12.1 Å². The van der Waals surface area contributed by atoms with Crippen LogP contribution in [-0.4, -0.2) is 58.5 Å². The maximum absolute atomic E-state index is 9.48.